The van der Waals surface area contributed by atoms with Crippen molar-refractivity contribution >= 4 is 0 Å². The topological polar surface area (TPSA) is 23.5 Å². The van der Waals surface area contributed by atoms with Crippen molar-refractivity contribution in [3.63, 3.8) is 0 Å². The van der Waals surface area contributed by atoms with Gasteiger partial charge in [-0.15, -0.1) is 0 Å². The van der Waals surface area contributed by atoms with Crippen molar-refractivity contribution in [2.45, 2.75) is 39.2 Å². The Hall–Kier alpha value is -0.0800. The Kier molecular flexibility index (Phi) is 6.57. The van der Waals surface area contributed by atoms with E-state index in [1.54, 1.807) is 0 Å². The fraction of sp³-hybridized carbons (Fsp3) is 1.00. The fourth-order valence-corrected chi connectivity index (χ4v) is 1.49. The number of likely N-dealkylation sites (tertiary alicyclic amines) is 1. The maximum atomic E-state index is 8.62. The first-order chi connectivity index (χ1) is 5.34. The number of aliphatic hydroxyl groups excluding tert-OH is 1. The molecule has 2 heteroatoms. The van der Waals surface area contributed by atoms with Crippen LogP contribution in [0.2, 0.25) is 0 Å². The van der Waals surface area contributed by atoms with Crippen LogP contribution >= 0.6 is 0 Å². The molecular formula is C9H21NO. The molecule has 11 heavy (non-hydrogen) atoms. The third-order valence-corrected chi connectivity index (χ3v) is 2.13. The highest BCUT2D eigenvalue weighted by molar-refractivity contribution is 4.75. The second-order valence-electron chi connectivity index (χ2n) is 2.79. The van der Waals surface area contributed by atoms with Gasteiger partial charge in [0.15, 0.2) is 0 Å². The van der Waals surface area contributed by atoms with Gasteiger partial charge in [-0.3, -0.25) is 0 Å². The first kappa shape index (κ1) is 10.9. The molecule has 1 aliphatic rings. The minimum absolute atomic E-state index is 0.342. The fourth-order valence-electron chi connectivity index (χ4n) is 1.49. The van der Waals surface area contributed by atoms with Crippen molar-refractivity contribution in [1.29, 1.82) is 0 Å². The lowest BCUT2D eigenvalue weighted by atomic mass is 10.2. The highest BCUT2D eigenvalue weighted by Gasteiger charge is 2.19. The van der Waals surface area contributed by atoms with E-state index in [1.165, 1.54) is 19.4 Å². The zero-order valence-electron chi connectivity index (χ0n) is 8.01. The Morgan fingerprint density at radius 1 is 1.45 bits per heavy atom. The molecular weight excluding hydrogens is 138 g/mol. The molecule has 1 N–H and O–H groups in total. The van der Waals surface area contributed by atoms with Gasteiger partial charge in [0.25, 0.3) is 0 Å². The van der Waals surface area contributed by atoms with Crippen molar-refractivity contribution in [2.75, 3.05) is 20.2 Å². The molecule has 0 saturated carbocycles. The third-order valence-electron chi connectivity index (χ3n) is 2.13. The summed E-state index contributed by atoms with van der Waals surface area (Å²) < 4.78 is 0. The quantitative estimate of drug-likeness (QED) is 0.660. The number of hydrogen-bond donors (Lipinski definition) is 1. The lowest BCUT2D eigenvalue weighted by molar-refractivity contribution is 0.220. The lowest BCUT2D eigenvalue weighted by Crippen LogP contribution is -2.25. The van der Waals surface area contributed by atoms with Crippen LogP contribution in [0.25, 0.3) is 0 Å². The van der Waals surface area contributed by atoms with Gasteiger partial charge in [-0.05, 0) is 32.9 Å². The van der Waals surface area contributed by atoms with E-state index < -0.39 is 0 Å². The summed E-state index contributed by atoms with van der Waals surface area (Å²) in [6.07, 6.45) is 3.54. The van der Waals surface area contributed by atoms with E-state index in [0.29, 0.717) is 12.6 Å². The molecule has 0 spiro atoms. The molecule has 1 unspecified atom stereocenters. The van der Waals surface area contributed by atoms with E-state index in [2.05, 4.69) is 11.9 Å². The average molecular weight is 159 g/mol. The van der Waals surface area contributed by atoms with Gasteiger partial charge in [-0.1, -0.05) is 13.8 Å². The number of nitrogens with zero attached hydrogens (tertiary/aromatic N) is 1. The molecule has 1 rings (SSSR count). The largest absolute Gasteiger partial charge is 0.396 e. The monoisotopic (exact) mass is 159 g/mol. The molecule has 0 bridgehead atoms. The molecule has 1 aliphatic heterocycles. The van der Waals surface area contributed by atoms with Crippen LogP contribution in [0, 0.1) is 0 Å². The van der Waals surface area contributed by atoms with E-state index in [1.807, 2.05) is 13.8 Å². The Balaban J connectivity index is 0.000000461. The average Bonchev–Trinajstić information content (AvgIpc) is 2.42. The molecule has 0 aromatic rings. The first-order valence-electron chi connectivity index (χ1n) is 4.65. The van der Waals surface area contributed by atoms with E-state index in [0.717, 1.165) is 6.42 Å². The smallest absolute Gasteiger partial charge is 0.0445 e. The van der Waals surface area contributed by atoms with Crippen molar-refractivity contribution in [3.05, 3.63) is 0 Å². The minimum Gasteiger partial charge on any atom is -0.396 e. The Bertz CT molecular complexity index is 85.6. The molecule has 0 aromatic heterocycles. The van der Waals surface area contributed by atoms with Crippen LogP contribution in [-0.4, -0.2) is 36.2 Å². The molecule has 68 valence electrons. The van der Waals surface area contributed by atoms with E-state index in [9.17, 15) is 0 Å². The number of aliphatic hydroxyl groups is 1. The van der Waals surface area contributed by atoms with E-state index in [-0.39, 0.29) is 0 Å². The predicted octanol–water partition coefficient (Wildman–Crippen LogP) is 1.49. The molecule has 1 fully saturated rings. The van der Waals surface area contributed by atoms with Crippen LogP contribution in [0.1, 0.15) is 33.1 Å². The van der Waals surface area contributed by atoms with Gasteiger partial charge in [0.1, 0.15) is 0 Å². The summed E-state index contributed by atoms with van der Waals surface area (Å²) in [5.74, 6) is 0. The summed E-state index contributed by atoms with van der Waals surface area (Å²) >= 11 is 0. The summed E-state index contributed by atoms with van der Waals surface area (Å²) in [5.41, 5.74) is 0. The van der Waals surface area contributed by atoms with Crippen LogP contribution in [0.5, 0.6) is 0 Å². The predicted molar refractivity (Wildman–Crippen MR) is 48.7 cm³/mol. The zero-order valence-corrected chi connectivity index (χ0v) is 8.01. The van der Waals surface area contributed by atoms with Gasteiger partial charge >= 0.3 is 0 Å². The van der Waals surface area contributed by atoms with Gasteiger partial charge in [-0.25, -0.2) is 0 Å². The van der Waals surface area contributed by atoms with Crippen molar-refractivity contribution in [3.8, 4) is 0 Å². The van der Waals surface area contributed by atoms with Crippen LogP contribution < -0.4 is 0 Å². The molecule has 1 atom stereocenters. The molecule has 1 saturated heterocycles. The highest BCUT2D eigenvalue weighted by atomic mass is 16.3. The van der Waals surface area contributed by atoms with Gasteiger partial charge in [-0.2, -0.15) is 0 Å². The second kappa shape index (κ2) is 6.62. The molecule has 0 radical (unpaired) electrons. The minimum atomic E-state index is 0.342. The third kappa shape index (κ3) is 3.73. The zero-order chi connectivity index (χ0) is 8.69. The molecule has 0 aromatic carbocycles. The first-order valence-corrected chi connectivity index (χ1v) is 4.65. The summed E-state index contributed by atoms with van der Waals surface area (Å²) in [6, 6.07) is 0.662. The standard InChI is InChI=1S/C7H15NO.C2H6/c1-8-5-2-3-7(8)4-6-9;1-2/h7,9H,2-6H2,1H3;1-2H3. The van der Waals surface area contributed by atoms with E-state index in [4.69, 9.17) is 5.11 Å². The lowest BCUT2D eigenvalue weighted by Gasteiger charge is -2.17. The Morgan fingerprint density at radius 2 is 2.09 bits per heavy atom. The van der Waals surface area contributed by atoms with Gasteiger partial charge in [0.2, 0.25) is 0 Å². The van der Waals surface area contributed by atoms with Gasteiger partial charge in [0, 0.05) is 12.6 Å². The maximum absolute atomic E-state index is 8.62. The van der Waals surface area contributed by atoms with Gasteiger partial charge in [0.05, 0.1) is 0 Å². The molecule has 2 nitrogen and oxygen atoms in total. The number of hydrogen-bond acceptors (Lipinski definition) is 2. The number of rotatable bonds is 2. The normalized spacial score (nSPS) is 24.5. The second-order valence-corrected chi connectivity index (χ2v) is 2.79. The Labute approximate surface area is 70.2 Å². The van der Waals surface area contributed by atoms with Crippen molar-refractivity contribution in [2.24, 2.45) is 0 Å². The summed E-state index contributed by atoms with van der Waals surface area (Å²) in [6.45, 7) is 5.56. The van der Waals surface area contributed by atoms with Crippen molar-refractivity contribution < 1.29 is 5.11 Å². The molecule has 1 heterocycles. The summed E-state index contributed by atoms with van der Waals surface area (Å²) in [5, 5.41) is 8.62. The van der Waals surface area contributed by atoms with Gasteiger partial charge < -0.3 is 10.0 Å². The van der Waals surface area contributed by atoms with Crippen LogP contribution in [0.4, 0.5) is 0 Å². The van der Waals surface area contributed by atoms with Crippen LogP contribution in [0.3, 0.4) is 0 Å². The highest BCUT2D eigenvalue weighted by Crippen LogP contribution is 2.16. The van der Waals surface area contributed by atoms with Crippen LogP contribution in [-0.2, 0) is 0 Å². The maximum Gasteiger partial charge on any atom is 0.0445 e. The molecule has 0 aliphatic carbocycles. The van der Waals surface area contributed by atoms with Crippen LogP contribution in [0.15, 0.2) is 0 Å². The Morgan fingerprint density at radius 3 is 2.45 bits per heavy atom. The SMILES string of the molecule is CC.CN1CCCC1CCO. The summed E-state index contributed by atoms with van der Waals surface area (Å²) in [4.78, 5) is 2.33. The summed E-state index contributed by atoms with van der Waals surface area (Å²) in [7, 11) is 2.13. The molecule has 0 amide bonds. The van der Waals surface area contributed by atoms with E-state index >= 15 is 0 Å². The van der Waals surface area contributed by atoms with Crippen molar-refractivity contribution in [1.82, 2.24) is 4.90 Å².